The van der Waals surface area contributed by atoms with Gasteiger partial charge in [0.1, 0.15) is 0 Å². The van der Waals surface area contributed by atoms with Gasteiger partial charge in [-0.3, -0.25) is 4.79 Å². The summed E-state index contributed by atoms with van der Waals surface area (Å²) in [5, 5.41) is 24.9. The van der Waals surface area contributed by atoms with Gasteiger partial charge in [-0.25, -0.2) is 0 Å². The lowest BCUT2D eigenvalue weighted by Crippen LogP contribution is -2.48. The number of nitrogens with two attached hydrogens (primary N) is 1. The van der Waals surface area contributed by atoms with Crippen LogP contribution in [0.3, 0.4) is 0 Å². The number of rotatable bonds is 18. The topological polar surface area (TPSA) is 123 Å². The van der Waals surface area contributed by atoms with E-state index in [2.05, 4.69) is 25.2 Å². The summed E-state index contributed by atoms with van der Waals surface area (Å²) in [4.78, 5) is 13.1. The minimum absolute atomic E-state index is 0.0466. The van der Waals surface area contributed by atoms with Crippen LogP contribution in [-0.2, 0) is 16.0 Å². The lowest BCUT2D eigenvalue weighted by molar-refractivity contribution is -0.129. The molecule has 1 fully saturated rings. The quantitative estimate of drug-likeness (QED) is 0.194. The molecular formula is C32H56N2O6. The zero-order valence-corrected chi connectivity index (χ0v) is 25.8. The van der Waals surface area contributed by atoms with Gasteiger partial charge >= 0.3 is 0 Å². The molecule has 5 N–H and O–H groups in total. The summed E-state index contributed by atoms with van der Waals surface area (Å²) in [6.07, 6.45) is 6.29. The summed E-state index contributed by atoms with van der Waals surface area (Å²) in [5.41, 5.74) is 6.88. The molecule has 0 unspecified atom stereocenters. The highest BCUT2D eigenvalue weighted by Gasteiger charge is 2.33. The van der Waals surface area contributed by atoms with E-state index in [1.54, 1.807) is 14.2 Å². The van der Waals surface area contributed by atoms with Gasteiger partial charge in [-0.05, 0) is 67.6 Å². The number of hydrogen-bond donors (Lipinski definition) is 4. The van der Waals surface area contributed by atoms with Gasteiger partial charge in [-0.15, -0.1) is 0 Å². The molecule has 0 aliphatic heterocycles. The largest absolute Gasteiger partial charge is 0.493 e. The fourth-order valence-electron chi connectivity index (χ4n) is 5.63. The van der Waals surface area contributed by atoms with Crippen molar-refractivity contribution in [2.45, 2.75) is 103 Å². The fourth-order valence-corrected chi connectivity index (χ4v) is 5.63. The maximum atomic E-state index is 13.1. The zero-order chi connectivity index (χ0) is 29.7. The second-order valence-corrected chi connectivity index (χ2v) is 12.4. The van der Waals surface area contributed by atoms with E-state index < -0.39 is 17.7 Å². The monoisotopic (exact) mass is 564 g/mol. The maximum absolute atomic E-state index is 13.1. The molecule has 8 nitrogen and oxygen atoms in total. The van der Waals surface area contributed by atoms with Crippen LogP contribution in [0.25, 0.3) is 0 Å². The SMILES string of the molecule is COCCCOc1cc(C[C@@H](C[C@H](N)[C@@H](O)C[C@H](C(=O)NCC2(O)CCCCC2)C(C)C)C(C)C)ccc1OC. The van der Waals surface area contributed by atoms with Gasteiger partial charge in [-0.1, -0.05) is 53.0 Å². The van der Waals surface area contributed by atoms with Gasteiger partial charge in [0.2, 0.25) is 5.91 Å². The summed E-state index contributed by atoms with van der Waals surface area (Å²) in [7, 11) is 3.31. The average molecular weight is 565 g/mol. The van der Waals surface area contributed by atoms with Gasteiger partial charge in [0.15, 0.2) is 11.5 Å². The van der Waals surface area contributed by atoms with Gasteiger partial charge in [0.25, 0.3) is 0 Å². The number of benzene rings is 1. The molecule has 1 aromatic carbocycles. The first-order chi connectivity index (χ1) is 19.0. The Balaban J connectivity index is 1.99. The second-order valence-electron chi connectivity index (χ2n) is 12.4. The molecule has 4 atom stereocenters. The molecule has 40 heavy (non-hydrogen) atoms. The fraction of sp³-hybridized carbons (Fsp3) is 0.781. The van der Waals surface area contributed by atoms with Gasteiger partial charge in [-0.2, -0.15) is 0 Å². The molecule has 1 aliphatic rings. The zero-order valence-electron chi connectivity index (χ0n) is 25.8. The number of methoxy groups -OCH3 is 2. The molecule has 230 valence electrons. The lowest BCUT2D eigenvalue weighted by atomic mass is 9.80. The molecule has 0 aromatic heterocycles. The Labute approximate surface area is 242 Å². The number of hydrogen-bond acceptors (Lipinski definition) is 7. The van der Waals surface area contributed by atoms with Crippen LogP contribution in [0, 0.1) is 23.7 Å². The molecule has 0 spiro atoms. The van der Waals surface area contributed by atoms with Crippen molar-refractivity contribution < 1.29 is 29.2 Å². The molecule has 1 aromatic rings. The first-order valence-corrected chi connectivity index (χ1v) is 15.2. The normalized spacial score (nSPS) is 18.3. The predicted molar refractivity (Wildman–Crippen MR) is 160 cm³/mol. The van der Waals surface area contributed by atoms with Crippen LogP contribution in [0.5, 0.6) is 11.5 Å². The van der Waals surface area contributed by atoms with Gasteiger partial charge in [0.05, 0.1) is 25.4 Å². The Morgan fingerprint density at radius 1 is 1.02 bits per heavy atom. The highest BCUT2D eigenvalue weighted by Crippen LogP contribution is 2.32. The van der Waals surface area contributed by atoms with Crippen molar-refractivity contribution >= 4 is 5.91 Å². The standard InChI is InChI=1S/C32H56N2O6/c1-22(2)25(17-24-11-12-29(39-6)30(18-24)40-16-10-15-38-5)19-27(33)28(35)20-26(23(3)4)31(36)34-21-32(37)13-8-7-9-14-32/h11-12,18,22-23,25-28,35,37H,7-10,13-17,19-21,33H2,1-6H3,(H,34,36)/t25-,26-,27-,28-/m0/s1. The van der Waals surface area contributed by atoms with Crippen molar-refractivity contribution in [3.8, 4) is 11.5 Å². The minimum atomic E-state index is -0.814. The molecule has 0 radical (unpaired) electrons. The number of aliphatic hydroxyl groups is 2. The van der Waals surface area contributed by atoms with E-state index in [1.807, 2.05) is 26.0 Å². The number of carbonyl (C=O) groups excluding carboxylic acids is 1. The van der Waals surface area contributed by atoms with Crippen molar-refractivity contribution in [1.82, 2.24) is 5.32 Å². The van der Waals surface area contributed by atoms with Crippen LogP contribution in [0.15, 0.2) is 18.2 Å². The first kappa shape index (κ1) is 34.3. The van der Waals surface area contributed by atoms with Crippen molar-refractivity contribution in [1.29, 1.82) is 0 Å². The maximum Gasteiger partial charge on any atom is 0.223 e. The molecule has 1 saturated carbocycles. The second kappa shape index (κ2) is 17.2. The molecule has 8 heteroatoms. The Hall–Kier alpha value is -1.87. The van der Waals surface area contributed by atoms with Gasteiger partial charge < -0.3 is 35.5 Å². The molecular weight excluding hydrogens is 508 g/mol. The van der Waals surface area contributed by atoms with Crippen LogP contribution in [0.4, 0.5) is 0 Å². The highest BCUT2D eigenvalue weighted by atomic mass is 16.5. The van der Waals surface area contributed by atoms with Crippen LogP contribution < -0.4 is 20.5 Å². The van der Waals surface area contributed by atoms with Crippen LogP contribution >= 0.6 is 0 Å². The summed E-state index contributed by atoms with van der Waals surface area (Å²) in [5.74, 6) is 1.57. The molecule has 1 amide bonds. The van der Waals surface area contributed by atoms with Gasteiger partial charge in [0, 0.05) is 38.6 Å². The Morgan fingerprint density at radius 3 is 2.33 bits per heavy atom. The van der Waals surface area contributed by atoms with Crippen molar-refractivity contribution in [2.24, 2.45) is 29.4 Å². The molecule has 2 rings (SSSR count). The molecule has 0 bridgehead atoms. The number of aliphatic hydroxyl groups excluding tert-OH is 1. The van der Waals surface area contributed by atoms with E-state index >= 15 is 0 Å². The summed E-state index contributed by atoms with van der Waals surface area (Å²) in [6, 6.07) is 5.56. The van der Waals surface area contributed by atoms with Crippen molar-refractivity contribution in [3.63, 3.8) is 0 Å². The van der Waals surface area contributed by atoms with E-state index in [0.29, 0.717) is 43.5 Å². The smallest absolute Gasteiger partial charge is 0.223 e. The van der Waals surface area contributed by atoms with Crippen molar-refractivity contribution in [3.05, 3.63) is 23.8 Å². The first-order valence-electron chi connectivity index (χ1n) is 15.2. The van der Waals surface area contributed by atoms with E-state index in [-0.39, 0.29) is 30.2 Å². The minimum Gasteiger partial charge on any atom is -0.493 e. The van der Waals surface area contributed by atoms with E-state index in [0.717, 1.165) is 50.5 Å². The molecule has 0 heterocycles. The number of ether oxygens (including phenoxy) is 3. The average Bonchev–Trinajstić information content (AvgIpc) is 2.92. The molecule has 1 aliphatic carbocycles. The Kier molecular flexibility index (Phi) is 14.7. The summed E-state index contributed by atoms with van der Waals surface area (Å²) < 4.78 is 16.6. The Bertz CT molecular complexity index is 871. The number of nitrogens with one attached hydrogen (secondary N) is 1. The van der Waals surface area contributed by atoms with Crippen molar-refractivity contribution in [2.75, 3.05) is 34.0 Å². The van der Waals surface area contributed by atoms with E-state index in [4.69, 9.17) is 19.9 Å². The third-order valence-electron chi connectivity index (χ3n) is 8.50. The predicted octanol–water partition coefficient (Wildman–Crippen LogP) is 4.48. The third kappa shape index (κ3) is 11.2. The van der Waals surface area contributed by atoms with E-state index in [9.17, 15) is 15.0 Å². The highest BCUT2D eigenvalue weighted by molar-refractivity contribution is 5.79. The van der Waals surface area contributed by atoms with Crippen LogP contribution in [-0.4, -0.2) is 67.8 Å². The van der Waals surface area contributed by atoms with Crippen LogP contribution in [0.2, 0.25) is 0 Å². The lowest BCUT2D eigenvalue weighted by Gasteiger charge is -2.33. The summed E-state index contributed by atoms with van der Waals surface area (Å²) in [6.45, 7) is 9.79. The molecule has 0 saturated heterocycles. The Morgan fingerprint density at radius 2 is 1.73 bits per heavy atom. The summed E-state index contributed by atoms with van der Waals surface area (Å²) >= 11 is 0. The number of amides is 1. The van der Waals surface area contributed by atoms with Crippen LogP contribution in [0.1, 0.15) is 84.6 Å². The number of carbonyl (C=O) groups is 1. The van der Waals surface area contributed by atoms with E-state index in [1.165, 1.54) is 0 Å². The third-order valence-corrected chi connectivity index (χ3v) is 8.50.